The summed E-state index contributed by atoms with van der Waals surface area (Å²) >= 11 is 0. The molecule has 0 saturated carbocycles. The number of amides is 1. The van der Waals surface area contributed by atoms with E-state index >= 15 is 0 Å². The van der Waals surface area contributed by atoms with Gasteiger partial charge in [-0.25, -0.2) is 0 Å². The van der Waals surface area contributed by atoms with Gasteiger partial charge in [0.1, 0.15) is 11.5 Å². The normalized spacial score (nSPS) is 21.1. The highest BCUT2D eigenvalue weighted by Gasteiger charge is 2.38. The van der Waals surface area contributed by atoms with Crippen LogP contribution in [0.4, 0.5) is 0 Å². The molecule has 3 atom stereocenters. The lowest BCUT2D eigenvalue weighted by Gasteiger charge is -2.46. The topological polar surface area (TPSA) is 72.8 Å². The lowest BCUT2D eigenvalue weighted by Crippen LogP contribution is -2.52. The molecule has 0 radical (unpaired) electrons. The van der Waals surface area contributed by atoms with Crippen molar-refractivity contribution >= 4 is 5.91 Å². The molecule has 190 valence electrons. The summed E-state index contributed by atoms with van der Waals surface area (Å²) in [5, 5.41) is 22.8. The van der Waals surface area contributed by atoms with Gasteiger partial charge in [-0.1, -0.05) is 68.4 Å². The van der Waals surface area contributed by atoms with Crippen molar-refractivity contribution in [2.45, 2.75) is 51.0 Å². The Labute approximate surface area is 214 Å². The van der Waals surface area contributed by atoms with Crippen LogP contribution in [-0.4, -0.2) is 46.7 Å². The SMILES string of the molecule is C[C@H]1CN(C[C@H](Cc2ccccc2)NC(=O)CCc2ccc(O)cc2)CC[C@@]1(C)c1cccc(O)c1. The van der Waals surface area contributed by atoms with Gasteiger partial charge in [-0.2, -0.15) is 0 Å². The first-order valence-electron chi connectivity index (χ1n) is 12.9. The molecule has 5 nitrogen and oxygen atoms in total. The van der Waals surface area contributed by atoms with Crippen molar-refractivity contribution < 1.29 is 15.0 Å². The minimum absolute atomic E-state index is 0.0114. The van der Waals surface area contributed by atoms with Gasteiger partial charge in [0, 0.05) is 25.6 Å². The van der Waals surface area contributed by atoms with E-state index in [0.717, 1.165) is 38.0 Å². The highest BCUT2D eigenvalue weighted by Crippen LogP contribution is 2.40. The number of piperidine rings is 1. The maximum atomic E-state index is 12.9. The molecule has 0 unspecified atom stereocenters. The van der Waals surface area contributed by atoms with Gasteiger partial charge < -0.3 is 20.4 Å². The number of hydrogen-bond acceptors (Lipinski definition) is 4. The first-order valence-corrected chi connectivity index (χ1v) is 12.9. The molecule has 0 bridgehead atoms. The second-order valence-corrected chi connectivity index (χ2v) is 10.5. The number of hydrogen-bond donors (Lipinski definition) is 3. The Morgan fingerprint density at radius 2 is 1.75 bits per heavy atom. The zero-order valence-electron chi connectivity index (χ0n) is 21.4. The molecule has 0 aliphatic carbocycles. The van der Waals surface area contributed by atoms with E-state index in [4.69, 9.17) is 0 Å². The van der Waals surface area contributed by atoms with Gasteiger partial charge in [-0.3, -0.25) is 4.79 Å². The monoisotopic (exact) mass is 486 g/mol. The number of nitrogens with zero attached hydrogens (tertiary/aromatic N) is 1. The number of carbonyl (C=O) groups is 1. The molecular formula is C31H38N2O3. The number of benzene rings is 3. The largest absolute Gasteiger partial charge is 0.508 e. The van der Waals surface area contributed by atoms with Crippen molar-refractivity contribution in [2.75, 3.05) is 19.6 Å². The third-order valence-electron chi connectivity index (χ3n) is 7.82. The summed E-state index contributed by atoms with van der Waals surface area (Å²) in [5.41, 5.74) is 3.46. The maximum Gasteiger partial charge on any atom is 0.220 e. The first-order chi connectivity index (χ1) is 17.3. The lowest BCUT2D eigenvalue weighted by molar-refractivity contribution is -0.121. The average molecular weight is 487 g/mol. The highest BCUT2D eigenvalue weighted by molar-refractivity contribution is 5.76. The molecule has 0 spiro atoms. The third-order valence-corrected chi connectivity index (χ3v) is 7.82. The zero-order valence-corrected chi connectivity index (χ0v) is 21.4. The molecule has 1 fully saturated rings. The Kier molecular flexibility index (Phi) is 8.32. The Hall–Kier alpha value is -3.31. The summed E-state index contributed by atoms with van der Waals surface area (Å²) in [6.07, 6.45) is 2.86. The van der Waals surface area contributed by atoms with Gasteiger partial charge in [-0.15, -0.1) is 0 Å². The van der Waals surface area contributed by atoms with Gasteiger partial charge in [0.2, 0.25) is 5.91 Å². The van der Waals surface area contributed by atoms with Crippen LogP contribution in [0.1, 0.15) is 43.4 Å². The summed E-state index contributed by atoms with van der Waals surface area (Å²) in [6.45, 7) is 7.29. The molecule has 1 amide bonds. The van der Waals surface area contributed by atoms with Gasteiger partial charge >= 0.3 is 0 Å². The van der Waals surface area contributed by atoms with Crippen LogP contribution in [0.3, 0.4) is 0 Å². The minimum Gasteiger partial charge on any atom is -0.508 e. The standard InChI is InChI=1S/C31H38N2O3/c1-23-21-33(18-17-31(23,2)26-9-6-10-29(35)20-26)22-27(19-25-7-4-3-5-8-25)32-30(36)16-13-24-11-14-28(34)15-12-24/h3-12,14-15,20,23,27,34-35H,13,16-19,21-22H2,1-2H3,(H,32,36)/t23-,27-,31+/m0/s1. The fraction of sp³-hybridized carbons (Fsp3) is 0.387. The van der Waals surface area contributed by atoms with Crippen molar-refractivity contribution in [3.8, 4) is 11.5 Å². The van der Waals surface area contributed by atoms with Crippen LogP contribution >= 0.6 is 0 Å². The number of rotatable bonds is 9. The Bertz CT molecular complexity index is 1130. The zero-order chi connectivity index (χ0) is 25.5. The van der Waals surface area contributed by atoms with Gasteiger partial charge in [0.15, 0.2) is 0 Å². The number of phenolic OH excluding ortho intramolecular Hbond substituents is 2. The lowest BCUT2D eigenvalue weighted by atomic mass is 9.68. The fourth-order valence-electron chi connectivity index (χ4n) is 5.36. The molecule has 1 aliphatic rings. The van der Waals surface area contributed by atoms with Crippen LogP contribution in [-0.2, 0) is 23.1 Å². The Balaban J connectivity index is 1.39. The second kappa shape index (κ2) is 11.6. The fourth-order valence-corrected chi connectivity index (χ4v) is 5.36. The number of nitrogens with one attached hydrogen (secondary N) is 1. The van der Waals surface area contributed by atoms with Crippen molar-refractivity contribution in [3.05, 3.63) is 95.6 Å². The van der Waals surface area contributed by atoms with Crippen molar-refractivity contribution in [1.82, 2.24) is 10.2 Å². The summed E-state index contributed by atoms with van der Waals surface area (Å²) in [5.74, 6) is 1.03. The van der Waals surface area contributed by atoms with Crippen molar-refractivity contribution in [1.29, 1.82) is 0 Å². The number of carbonyl (C=O) groups excluding carboxylic acids is 1. The van der Waals surface area contributed by atoms with Crippen molar-refractivity contribution in [3.63, 3.8) is 0 Å². The summed E-state index contributed by atoms with van der Waals surface area (Å²) in [4.78, 5) is 15.4. The van der Waals surface area contributed by atoms with E-state index in [1.54, 1.807) is 18.2 Å². The molecule has 0 aromatic heterocycles. The highest BCUT2D eigenvalue weighted by atomic mass is 16.3. The molecule has 3 aromatic carbocycles. The van der Waals surface area contributed by atoms with E-state index < -0.39 is 0 Å². The predicted octanol–water partition coefficient (Wildman–Crippen LogP) is 5.06. The number of aryl methyl sites for hydroxylation is 1. The number of likely N-dealkylation sites (tertiary alicyclic amines) is 1. The number of phenols is 2. The second-order valence-electron chi connectivity index (χ2n) is 10.5. The molecule has 3 aromatic rings. The van der Waals surface area contributed by atoms with E-state index in [1.807, 2.05) is 42.5 Å². The molecule has 1 aliphatic heterocycles. The Morgan fingerprint density at radius 3 is 2.44 bits per heavy atom. The third kappa shape index (κ3) is 6.67. The number of aromatic hydroxyl groups is 2. The molecule has 3 N–H and O–H groups in total. The minimum atomic E-state index is 0.0114. The van der Waals surface area contributed by atoms with Gasteiger partial charge in [0.05, 0.1) is 0 Å². The molecule has 5 heteroatoms. The van der Waals surface area contributed by atoms with Crippen LogP contribution in [0.5, 0.6) is 11.5 Å². The van der Waals surface area contributed by atoms with Crippen LogP contribution in [0.25, 0.3) is 0 Å². The first kappa shape index (κ1) is 25.8. The van der Waals surface area contributed by atoms with Crippen LogP contribution in [0.2, 0.25) is 0 Å². The van der Waals surface area contributed by atoms with E-state index in [-0.39, 0.29) is 23.1 Å². The van der Waals surface area contributed by atoms with E-state index in [2.05, 4.69) is 42.3 Å². The van der Waals surface area contributed by atoms with Crippen LogP contribution in [0, 0.1) is 5.92 Å². The maximum absolute atomic E-state index is 12.9. The van der Waals surface area contributed by atoms with E-state index in [0.29, 0.717) is 24.5 Å². The molecular weight excluding hydrogens is 448 g/mol. The average Bonchev–Trinajstić information content (AvgIpc) is 2.86. The predicted molar refractivity (Wildman–Crippen MR) is 144 cm³/mol. The van der Waals surface area contributed by atoms with Crippen LogP contribution < -0.4 is 5.32 Å². The molecule has 1 heterocycles. The van der Waals surface area contributed by atoms with Gasteiger partial charge in [-0.05, 0) is 78.1 Å². The molecule has 36 heavy (non-hydrogen) atoms. The van der Waals surface area contributed by atoms with E-state index in [1.165, 1.54) is 11.1 Å². The summed E-state index contributed by atoms with van der Waals surface area (Å²) in [6, 6.07) is 25.1. The Morgan fingerprint density at radius 1 is 1.00 bits per heavy atom. The summed E-state index contributed by atoms with van der Waals surface area (Å²) in [7, 11) is 0. The van der Waals surface area contributed by atoms with E-state index in [9.17, 15) is 15.0 Å². The smallest absolute Gasteiger partial charge is 0.220 e. The quantitative estimate of drug-likeness (QED) is 0.395. The molecule has 4 rings (SSSR count). The summed E-state index contributed by atoms with van der Waals surface area (Å²) < 4.78 is 0. The van der Waals surface area contributed by atoms with Crippen molar-refractivity contribution in [2.24, 2.45) is 5.92 Å². The van der Waals surface area contributed by atoms with Crippen LogP contribution in [0.15, 0.2) is 78.9 Å². The van der Waals surface area contributed by atoms with Gasteiger partial charge in [0.25, 0.3) is 0 Å². The molecule has 1 saturated heterocycles.